The van der Waals surface area contributed by atoms with E-state index in [0.29, 0.717) is 23.3 Å². The topological polar surface area (TPSA) is 89.5 Å². The Bertz CT molecular complexity index is 760. The van der Waals surface area contributed by atoms with Crippen molar-refractivity contribution in [3.8, 4) is 11.5 Å². The number of fused-ring (bicyclic) bond motifs is 2. The van der Waals surface area contributed by atoms with Crippen molar-refractivity contribution in [1.29, 1.82) is 0 Å². The van der Waals surface area contributed by atoms with Gasteiger partial charge in [0.1, 0.15) is 11.5 Å². The van der Waals surface area contributed by atoms with Gasteiger partial charge in [0.15, 0.2) is 0 Å². The summed E-state index contributed by atoms with van der Waals surface area (Å²) in [5.41, 5.74) is 2.00. The SMILES string of the molecule is O=C([O-])CC(C(=O)[O-])c1cccc2c1Cc1ccccc1O2.[Na+].[Na+]. The van der Waals surface area contributed by atoms with Crippen LogP contribution in [-0.4, -0.2) is 11.9 Å². The Morgan fingerprint density at radius 1 is 1.00 bits per heavy atom. The van der Waals surface area contributed by atoms with Crippen molar-refractivity contribution in [3.63, 3.8) is 0 Å². The van der Waals surface area contributed by atoms with E-state index in [4.69, 9.17) is 4.74 Å². The van der Waals surface area contributed by atoms with Crippen LogP contribution in [0.3, 0.4) is 0 Å². The Balaban J connectivity index is 0.00000144. The molecule has 0 saturated heterocycles. The molecule has 1 heterocycles. The predicted octanol–water partition coefficient (Wildman–Crippen LogP) is -5.64. The van der Waals surface area contributed by atoms with Crippen molar-refractivity contribution in [1.82, 2.24) is 0 Å². The summed E-state index contributed by atoms with van der Waals surface area (Å²) in [7, 11) is 0. The van der Waals surface area contributed by atoms with Crippen molar-refractivity contribution in [2.45, 2.75) is 18.8 Å². The Morgan fingerprint density at radius 2 is 1.67 bits per heavy atom. The molecule has 0 amide bonds. The number of hydrogen-bond acceptors (Lipinski definition) is 5. The monoisotopic (exact) mass is 342 g/mol. The molecule has 0 saturated carbocycles. The van der Waals surface area contributed by atoms with Crippen LogP contribution in [0.1, 0.15) is 29.0 Å². The average Bonchev–Trinajstić information content (AvgIpc) is 2.49. The standard InChI is InChI=1S/C17H14O5.2Na/c18-16(19)9-13(17(20)21)11-5-3-7-15-12(11)8-10-4-1-2-6-14(10)22-15;;/h1-7,13H,8-9H2,(H,18,19)(H,20,21);;/q;2*+1/p-2. The molecule has 24 heavy (non-hydrogen) atoms. The van der Waals surface area contributed by atoms with Crippen LogP contribution in [0.15, 0.2) is 42.5 Å². The molecule has 0 radical (unpaired) electrons. The van der Waals surface area contributed by atoms with E-state index in [1.165, 1.54) is 0 Å². The van der Waals surface area contributed by atoms with E-state index in [0.717, 1.165) is 11.3 Å². The molecule has 1 aliphatic heterocycles. The Labute approximate surface area is 183 Å². The van der Waals surface area contributed by atoms with Gasteiger partial charge in [-0.05, 0) is 29.7 Å². The van der Waals surface area contributed by atoms with E-state index >= 15 is 0 Å². The van der Waals surface area contributed by atoms with Gasteiger partial charge in [0.05, 0.1) is 0 Å². The maximum Gasteiger partial charge on any atom is 1.00 e. The van der Waals surface area contributed by atoms with E-state index in [2.05, 4.69) is 0 Å². The molecule has 0 fully saturated rings. The number of ether oxygens (including phenoxy) is 1. The molecule has 3 rings (SSSR count). The maximum atomic E-state index is 11.3. The largest absolute Gasteiger partial charge is 1.00 e. The smallest absolute Gasteiger partial charge is 0.550 e. The van der Waals surface area contributed by atoms with Gasteiger partial charge in [0.2, 0.25) is 0 Å². The molecule has 2 aromatic carbocycles. The molecule has 0 spiro atoms. The zero-order chi connectivity index (χ0) is 15.7. The van der Waals surface area contributed by atoms with E-state index in [-0.39, 0.29) is 59.1 Å². The number of carboxylic acids is 2. The summed E-state index contributed by atoms with van der Waals surface area (Å²) in [4.78, 5) is 22.1. The van der Waals surface area contributed by atoms with Gasteiger partial charge in [-0.3, -0.25) is 0 Å². The number of rotatable bonds is 4. The average molecular weight is 342 g/mol. The Hall–Kier alpha value is -0.820. The third-order valence-corrected chi connectivity index (χ3v) is 3.76. The number of aliphatic carboxylic acids is 2. The molecule has 0 N–H and O–H groups in total. The molecule has 1 aliphatic rings. The van der Waals surface area contributed by atoms with Gasteiger partial charge in [0, 0.05) is 29.8 Å². The van der Waals surface area contributed by atoms with E-state index < -0.39 is 24.3 Å². The summed E-state index contributed by atoms with van der Waals surface area (Å²) < 4.78 is 5.78. The van der Waals surface area contributed by atoms with Crippen molar-refractivity contribution >= 4 is 11.9 Å². The summed E-state index contributed by atoms with van der Waals surface area (Å²) in [5, 5.41) is 22.1. The van der Waals surface area contributed by atoms with Crippen LogP contribution in [0.25, 0.3) is 0 Å². The first kappa shape index (κ1) is 21.2. The van der Waals surface area contributed by atoms with Gasteiger partial charge in [-0.15, -0.1) is 0 Å². The van der Waals surface area contributed by atoms with E-state index in [1.807, 2.05) is 24.3 Å². The number of hydrogen-bond donors (Lipinski definition) is 0. The number of benzene rings is 2. The molecule has 0 aliphatic carbocycles. The molecule has 5 nitrogen and oxygen atoms in total. The fourth-order valence-electron chi connectivity index (χ4n) is 2.74. The van der Waals surface area contributed by atoms with Crippen molar-refractivity contribution in [2.75, 3.05) is 0 Å². The number of carbonyl (C=O) groups excluding carboxylic acids is 2. The summed E-state index contributed by atoms with van der Waals surface area (Å²) in [5.74, 6) is -2.85. The molecule has 0 bridgehead atoms. The zero-order valence-electron chi connectivity index (χ0n) is 13.6. The quantitative estimate of drug-likeness (QED) is 0.441. The molecule has 1 unspecified atom stereocenters. The minimum atomic E-state index is -1.43. The summed E-state index contributed by atoms with van der Waals surface area (Å²) in [6.07, 6.45) is -0.140. The van der Waals surface area contributed by atoms with Crippen LogP contribution in [0.5, 0.6) is 11.5 Å². The van der Waals surface area contributed by atoms with Gasteiger partial charge in [-0.1, -0.05) is 30.3 Å². The van der Waals surface area contributed by atoms with Crippen LogP contribution in [0.4, 0.5) is 0 Å². The van der Waals surface area contributed by atoms with E-state index in [1.54, 1.807) is 18.2 Å². The fraction of sp³-hybridized carbons (Fsp3) is 0.176. The molecular weight excluding hydrogens is 330 g/mol. The second-order valence-corrected chi connectivity index (χ2v) is 5.16. The van der Waals surface area contributed by atoms with E-state index in [9.17, 15) is 19.8 Å². The van der Waals surface area contributed by atoms with Crippen LogP contribution in [-0.2, 0) is 16.0 Å². The number of carboxylic acid groups (broad SMARTS) is 2. The summed E-state index contributed by atoms with van der Waals surface area (Å²) >= 11 is 0. The minimum Gasteiger partial charge on any atom is -0.550 e. The number of para-hydroxylation sites is 1. The van der Waals surface area contributed by atoms with Crippen molar-refractivity contribution < 1.29 is 83.7 Å². The maximum absolute atomic E-state index is 11.3. The first-order valence-corrected chi connectivity index (χ1v) is 6.84. The second kappa shape index (κ2) is 9.04. The van der Waals surface area contributed by atoms with Gasteiger partial charge < -0.3 is 24.5 Å². The summed E-state index contributed by atoms with van der Waals surface area (Å²) in [6.45, 7) is 0. The molecule has 0 aromatic heterocycles. The fourth-order valence-corrected chi connectivity index (χ4v) is 2.74. The third-order valence-electron chi connectivity index (χ3n) is 3.76. The first-order chi connectivity index (χ1) is 10.6. The van der Waals surface area contributed by atoms with Crippen LogP contribution in [0.2, 0.25) is 0 Å². The second-order valence-electron chi connectivity index (χ2n) is 5.16. The normalized spacial score (nSPS) is 12.3. The van der Waals surface area contributed by atoms with Gasteiger partial charge in [0.25, 0.3) is 0 Å². The van der Waals surface area contributed by atoms with Gasteiger partial charge in [-0.25, -0.2) is 0 Å². The predicted molar refractivity (Wildman–Crippen MR) is 73.1 cm³/mol. The third kappa shape index (κ3) is 4.42. The minimum absolute atomic E-state index is 0. The van der Waals surface area contributed by atoms with Crippen LogP contribution >= 0.6 is 0 Å². The van der Waals surface area contributed by atoms with Gasteiger partial charge >= 0.3 is 59.1 Å². The van der Waals surface area contributed by atoms with Crippen molar-refractivity contribution in [2.24, 2.45) is 0 Å². The molecule has 1 atom stereocenters. The number of carbonyl (C=O) groups is 2. The molecule has 2 aromatic rings. The summed E-state index contributed by atoms with van der Waals surface area (Å²) in [6, 6.07) is 12.4. The Kier molecular flexibility index (Phi) is 7.99. The van der Waals surface area contributed by atoms with Crippen LogP contribution < -0.4 is 74.1 Å². The zero-order valence-corrected chi connectivity index (χ0v) is 17.6. The molecule has 112 valence electrons. The Morgan fingerprint density at radius 3 is 2.33 bits per heavy atom. The van der Waals surface area contributed by atoms with Crippen molar-refractivity contribution in [3.05, 3.63) is 59.2 Å². The van der Waals surface area contributed by atoms with Gasteiger partial charge in [-0.2, -0.15) is 0 Å². The first-order valence-electron chi connectivity index (χ1n) is 6.84. The molecule has 7 heteroatoms. The van der Waals surface area contributed by atoms with Crippen LogP contribution in [0, 0.1) is 0 Å². The molecular formula is C17H12Na2O5.